The van der Waals surface area contributed by atoms with Gasteiger partial charge in [0.05, 0.1) is 0 Å². The number of nitrogens with one attached hydrogen (secondary N) is 1. The van der Waals surface area contributed by atoms with Crippen molar-refractivity contribution < 1.29 is 0 Å². The summed E-state index contributed by atoms with van der Waals surface area (Å²) < 4.78 is 0.628. The molecule has 0 bridgehead atoms. The van der Waals surface area contributed by atoms with E-state index < -0.39 is 0 Å². The van der Waals surface area contributed by atoms with Gasteiger partial charge in [-0.25, -0.2) is 0 Å². The average Bonchev–Trinajstić information content (AvgIpc) is 2.87. The maximum Gasteiger partial charge on any atom is 0.0282 e. The van der Waals surface area contributed by atoms with E-state index in [4.69, 9.17) is 0 Å². The smallest absolute Gasteiger partial charge is 0.0282 e. The Hall–Kier alpha value is 0.310. The zero-order chi connectivity index (χ0) is 9.03. The number of hydrogen-bond donors (Lipinski definition) is 1. The van der Waals surface area contributed by atoms with Crippen LogP contribution in [0.15, 0.2) is 0 Å². The molecule has 0 heterocycles. The van der Waals surface area contributed by atoms with Gasteiger partial charge in [0.2, 0.25) is 0 Å². The molecule has 0 aromatic carbocycles. The molecule has 0 atom stereocenters. The van der Waals surface area contributed by atoms with Crippen LogP contribution in [0, 0.1) is 0 Å². The molecule has 0 saturated heterocycles. The molecule has 1 N–H and O–H groups in total. The van der Waals surface area contributed by atoms with Crippen molar-refractivity contribution in [1.29, 1.82) is 0 Å². The van der Waals surface area contributed by atoms with Crippen LogP contribution in [0.2, 0.25) is 0 Å². The number of thioether (sulfide) groups is 1. The highest BCUT2D eigenvalue weighted by Crippen LogP contribution is 2.46. The van der Waals surface area contributed by atoms with E-state index >= 15 is 0 Å². The van der Waals surface area contributed by atoms with E-state index in [1.54, 1.807) is 0 Å². The molecule has 1 aliphatic carbocycles. The molecule has 72 valence electrons. The SMILES string of the molecule is CCC(CC)NCC1(SC)CC1. The highest BCUT2D eigenvalue weighted by atomic mass is 32.2. The summed E-state index contributed by atoms with van der Waals surface area (Å²) in [5.41, 5.74) is 0. The molecular weight excluding hydrogens is 166 g/mol. The molecule has 0 aliphatic heterocycles. The first-order valence-corrected chi connectivity index (χ1v) is 6.27. The number of hydrogen-bond acceptors (Lipinski definition) is 2. The predicted molar refractivity (Wildman–Crippen MR) is 57.9 cm³/mol. The van der Waals surface area contributed by atoms with Crippen LogP contribution in [0.1, 0.15) is 39.5 Å². The number of rotatable bonds is 6. The van der Waals surface area contributed by atoms with Crippen LogP contribution in [0.4, 0.5) is 0 Å². The molecule has 0 unspecified atom stereocenters. The Kier molecular flexibility index (Phi) is 3.91. The molecule has 2 heteroatoms. The van der Waals surface area contributed by atoms with Gasteiger partial charge in [-0.05, 0) is 31.9 Å². The Balaban J connectivity index is 2.15. The lowest BCUT2D eigenvalue weighted by Crippen LogP contribution is -2.34. The zero-order valence-corrected chi connectivity index (χ0v) is 9.34. The molecule has 1 fully saturated rings. The summed E-state index contributed by atoms with van der Waals surface area (Å²) in [4.78, 5) is 0. The van der Waals surface area contributed by atoms with E-state index in [1.807, 2.05) is 11.8 Å². The molecule has 12 heavy (non-hydrogen) atoms. The Morgan fingerprint density at radius 1 is 1.33 bits per heavy atom. The van der Waals surface area contributed by atoms with Gasteiger partial charge in [0, 0.05) is 17.3 Å². The Morgan fingerprint density at radius 3 is 2.25 bits per heavy atom. The lowest BCUT2D eigenvalue weighted by atomic mass is 10.1. The molecule has 0 aromatic heterocycles. The van der Waals surface area contributed by atoms with Crippen LogP contribution in [0.25, 0.3) is 0 Å². The average molecular weight is 187 g/mol. The van der Waals surface area contributed by atoms with Crippen LogP contribution in [0.3, 0.4) is 0 Å². The van der Waals surface area contributed by atoms with Gasteiger partial charge in [0.1, 0.15) is 0 Å². The summed E-state index contributed by atoms with van der Waals surface area (Å²) >= 11 is 2.04. The lowest BCUT2D eigenvalue weighted by Gasteiger charge is -2.19. The first-order valence-electron chi connectivity index (χ1n) is 5.05. The Bertz CT molecular complexity index is 128. The van der Waals surface area contributed by atoms with Gasteiger partial charge in [0.25, 0.3) is 0 Å². The molecular formula is C10H21NS. The van der Waals surface area contributed by atoms with Crippen molar-refractivity contribution in [2.75, 3.05) is 12.8 Å². The second kappa shape index (κ2) is 4.52. The predicted octanol–water partition coefficient (Wildman–Crippen LogP) is 2.66. The molecule has 1 aliphatic rings. The maximum atomic E-state index is 3.65. The zero-order valence-electron chi connectivity index (χ0n) is 8.52. The van der Waals surface area contributed by atoms with Gasteiger partial charge < -0.3 is 5.32 Å². The normalized spacial score (nSPS) is 20.0. The van der Waals surface area contributed by atoms with Crippen LogP contribution < -0.4 is 5.32 Å². The fourth-order valence-corrected chi connectivity index (χ4v) is 2.24. The third-order valence-corrected chi connectivity index (χ3v) is 4.36. The van der Waals surface area contributed by atoms with Gasteiger partial charge in [-0.15, -0.1) is 0 Å². The monoisotopic (exact) mass is 187 g/mol. The van der Waals surface area contributed by atoms with Crippen LogP contribution in [0.5, 0.6) is 0 Å². The molecule has 1 rings (SSSR count). The third kappa shape index (κ3) is 2.67. The molecule has 0 spiro atoms. The summed E-state index contributed by atoms with van der Waals surface area (Å²) in [5.74, 6) is 0. The van der Waals surface area contributed by atoms with Gasteiger partial charge in [-0.3, -0.25) is 0 Å². The molecule has 0 aromatic rings. The van der Waals surface area contributed by atoms with Crippen molar-refractivity contribution in [1.82, 2.24) is 5.32 Å². The van der Waals surface area contributed by atoms with Gasteiger partial charge >= 0.3 is 0 Å². The van der Waals surface area contributed by atoms with Gasteiger partial charge in [-0.2, -0.15) is 11.8 Å². The minimum absolute atomic E-state index is 0.628. The summed E-state index contributed by atoms with van der Waals surface area (Å²) in [5, 5.41) is 3.65. The fourth-order valence-electron chi connectivity index (χ4n) is 1.50. The van der Waals surface area contributed by atoms with Crippen molar-refractivity contribution in [3.63, 3.8) is 0 Å². The van der Waals surface area contributed by atoms with E-state index in [-0.39, 0.29) is 0 Å². The van der Waals surface area contributed by atoms with Gasteiger partial charge in [-0.1, -0.05) is 13.8 Å². The largest absolute Gasteiger partial charge is 0.313 e. The van der Waals surface area contributed by atoms with E-state index in [0.29, 0.717) is 4.75 Å². The second-order valence-corrected chi connectivity index (χ2v) is 5.06. The van der Waals surface area contributed by atoms with E-state index in [2.05, 4.69) is 25.4 Å². The van der Waals surface area contributed by atoms with Crippen molar-refractivity contribution >= 4 is 11.8 Å². The van der Waals surface area contributed by atoms with Crippen molar-refractivity contribution in [3.05, 3.63) is 0 Å². The molecule has 1 nitrogen and oxygen atoms in total. The minimum Gasteiger partial charge on any atom is -0.313 e. The highest BCUT2D eigenvalue weighted by molar-refractivity contribution is 8.00. The van der Waals surface area contributed by atoms with Crippen LogP contribution >= 0.6 is 11.8 Å². The Morgan fingerprint density at radius 2 is 1.92 bits per heavy atom. The summed E-state index contributed by atoms with van der Waals surface area (Å²) in [6, 6.07) is 0.745. The van der Waals surface area contributed by atoms with Crippen LogP contribution in [-0.2, 0) is 0 Å². The first kappa shape index (κ1) is 10.4. The summed E-state index contributed by atoms with van der Waals surface area (Å²) in [6.45, 7) is 5.75. The highest BCUT2D eigenvalue weighted by Gasteiger charge is 2.41. The fraction of sp³-hybridized carbons (Fsp3) is 1.00. The second-order valence-electron chi connectivity index (χ2n) is 3.78. The Labute approximate surface area is 80.7 Å². The summed E-state index contributed by atoms with van der Waals surface area (Å²) in [7, 11) is 0. The van der Waals surface area contributed by atoms with Crippen molar-refractivity contribution in [2.24, 2.45) is 0 Å². The van der Waals surface area contributed by atoms with Crippen molar-refractivity contribution in [3.8, 4) is 0 Å². The summed E-state index contributed by atoms with van der Waals surface area (Å²) in [6.07, 6.45) is 7.60. The topological polar surface area (TPSA) is 12.0 Å². The maximum absolute atomic E-state index is 3.65. The quantitative estimate of drug-likeness (QED) is 0.686. The van der Waals surface area contributed by atoms with Crippen LogP contribution in [-0.4, -0.2) is 23.6 Å². The third-order valence-electron chi connectivity index (χ3n) is 2.94. The standard InChI is InChI=1S/C10H21NS/c1-4-9(5-2)11-8-10(12-3)6-7-10/h9,11H,4-8H2,1-3H3. The van der Waals surface area contributed by atoms with E-state index in [9.17, 15) is 0 Å². The van der Waals surface area contributed by atoms with Gasteiger partial charge in [0.15, 0.2) is 0 Å². The van der Waals surface area contributed by atoms with E-state index in [1.165, 1.54) is 32.2 Å². The molecule has 0 amide bonds. The van der Waals surface area contributed by atoms with Crippen molar-refractivity contribution in [2.45, 2.75) is 50.3 Å². The van der Waals surface area contributed by atoms with E-state index in [0.717, 1.165) is 6.04 Å². The molecule has 0 radical (unpaired) electrons. The minimum atomic E-state index is 0.628. The first-order chi connectivity index (χ1) is 5.76. The molecule has 1 saturated carbocycles. The lowest BCUT2D eigenvalue weighted by molar-refractivity contribution is 0.481.